The number of halogens is 5. The van der Waals surface area contributed by atoms with Crippen LogP contribution in [0.4, 0.5) is 22.0 Å². The van der Waals surface area contributed by atoms with Gasteiger partial charge in [0.15, 0.2) is 0 Å². The summed E-state index contributed by atoms with van der Waals surface area (Å²) in [6.07, 6.45) is -1.68. The SMILES string of the molecule is O=C1c2[nH]ncc2C(C2CC2)N(S(=O)(=O)c2ccc(C(F)(F)F)nc2)C1c1cc(F)cc(F)c1. The quantitative estimate of drug-likeness (QED) is 0.545. The van der Waals surface area contributed by atoms with Crippen molar-refractivity contribution in [2.24, 2.45) is 5.92 Å². The minimum absolute atomic E-state index is 0.0172. The number of H-pyrrole nitrogens is 1. The molecule has 2 aliphatic rings. The Morgan fingerprint density at radius 3 is 2.26 bits per heavy atom. The second-order valence-corrected chi connectivity index (χ2v) is 10.0. The van der Waals surface area contributed by atoms with Gasteiger partial charge in [0.1, 0.15) is 34.0 Å². The van der Waals surface area contributed by atoms with Gasteiger partial charge in [-0.05, 0) is 48.6 Å². The van der Waals surface area contributed by atoms with Crippen LogP contribution in [-0.2, 0) is 16.2 Å². The smallest absolute Gasteiger partial charge is 0.290 e. The number of Topliss-reactive ketones (excluding diaryl/α,β-unsaturated/α-hetero) is 1. The first-order chi connectivity index (χ1) is 16.0. The first-order valence-corrected chi connectivity index (χ1v) is 11.5. The van der Waals surface area contributed by atoms with Crippen LogP contribution >= 0.6 is 0 Å². The fourth-order valence-corrected chi connectivity index (χ4v) is 6.03. The number of nitrogens with one attached hydrogen (secondary N) is 1. The zero-order chi connectivity index (χ0) is 24.4. The summed E-state index contributed by atoms with van der Waals surface area (Å²) in [5, 5.41) is 6.39. The first-order valence-electron chi connectivity index (χ1n) is 10.1. The fraction of sp³-hybridized carbons (Fsp3) is 0.286. The highest BCUT2D eigenvalue weighted by atomic mass is 32.2. The maximum Gasteiger partial charge on any atom is 0.433 e. The number of aromatic amines is 1. The molecule has 2 atom stereocenters. The molecule has 2 unspecified atom stereocenters. The minimum Gasteiger partial charge on any atom is -0.290 e. The number of fused-ring (bicyclic) bond motifs is 1. The Morgan fingerprint density at radius 2 is 1.71 bits per heavy atom. The number of carbonyl (C=O) groups is 1. The Balaban J connectivity index is 1.71. The number of pyridine rings is 1. The normalized spacial score (nSPS) is 21.5. The van der Waals surface area contributed by atoms with Crippen LogP contribution in [0.5, 0.6) is 0 Å². The third-order valence-electron chi connectivity index (χ3n) is 5.88. The van der Waals surface area contributed by atoms with E-state index in [4.69, 9.17) is 0 Å². The molecule has 2 aromatic heterocycles. The van der Waals surface area contributed by atoms with Crippen molar-refractivity contribution >= 4 is 15.8 Å². The van der Waals surface area contributed by atoms with Crippen molar-refractivity contribution < 1.29 is 35.2 Å². The van der Waals surface area contributed by atoms with Gasteiger partial charge in [-0.3, -0.25) is 14.9 Å². The zero-order valence-electron chi connectivity index (χ0n) is 17.1. The summed E-state index contributed by atoms with van der Waals surface area (Å²) < 4.78 is 95.3. The lowest BCUT2D eigenvalue weighted by molar-refractivity contribution is -0.141. The van der Waals surface area contributed by atoms with E-state index in [-0.39, 0.29) is 17.2 Å². The van der Waals surface area contributed by atoms with Crippen LogP contribution in [0.2, 0.25) is 0 Å². The summed E-state index contributed by atoms with van der Waals surface area (Å²) in [6.45, 7) is 0. The Labute approximate surface area is 189 Å². The van der Waals surface area contributed by atoms with Crippen molar-refractivity contribution in [2.45, 2.75) is 36.0 Å². The highest BCUT2D eigenvalue weighted by molar-refractivity contribution is 7.89. The summed E-state index contributed by atoms with van der Waals surface area (Å²) >= 11 is 0. The Hall–Kier alpha value is -3.19. The number of sulfonamides is 1. The molecule has 0 amide bonds. The number of nitrogens with zero attached hydrogens (tertiary/aromatic N) is 3. The molecule has 5 rings (SSSR count). The van der Waals surface area contributed by atoms with E-state index in [2.05, 4.69) is 15.2 Å². The number of aromatic nitrogens is 3. The van der Waals surface area contributed by atoms with E-state index < -0.39 is 56.3 Å². The molecule has 1 aliphatic carbocycles. The van der Waals surface area contributed by atoms with Crippen molar-refractivity contribution in [3.8, 4) is 0 Å². The molecule has 34 heavy (non-hydrogen) atoms. The average Bonchev–Trinajstić information content (AvgIpc) is 3.47. The van der Waals surface area contributed by atoms with Crippen LogP contribution in [0.25, 0.3) is 0 Å². The number of hydrogen-bond acceptors (Lipinski definition) is 5. The number of alkyl halides is 3. The van der Waals surface area contributed by atoms with Crippen molar-refractivity contribution in [3.63, 3.8) is 0 Å². The summed E-state index contributed by atoms with van der Waals surface area (Å²) in [4.78, 5) is 16.0. The molecule has 178 valence electrons. The van der Waals surface area contributed by atoms with Gasteiger partial charge in [-0.15, -0.1) is 0 Å². The molecule has 7 nitrogen and oxygen atoms in total. The topological polar surface area (TPSA) is 96.0 Å². The van der Waals surface area contributed by atoms with E-state index in [1.54, 1.807) is 0 Å². The molecule has 0 bridgehead atoms. The maximum atomic E-state index is 14.1. The van der Waals surface area contributed by atoms with Crippen LogP contribution in [0, 0.1) is 17.6 Å². The minimum atomic E-state index is -4.78. The molecule has 0 radical (unpaired) electrons. The summed E-state index contributed by atoms with van der Waals surface area (Å²) in [7, 11) is -4.66. The maximum absolute atomic E-state index is 14.1. The zero-order valence-corrected chi connectivity index (χ0v) is 17.9. The number of ketones is 1. The lowest BCUT2D eigenvalue weighted by Crippen LogP contribution is -2.46. The van der Waals surface area contributed by atoms with Gasteiger partial charge >= 0.3 is 6.18 Å². The van der Waals surface area contributed by atoms with Crippen molar-refractivity contribution in [3.05, 3.63) is 76.9 Å². The second kappa shape index (κ2) is 7.67. The second-order valence-electron chi connectivity index (χ2n) is 8.16. The highest BCUT2D eigenvalue weighted by Gasteiger charge is 2.53. The number of carbonyl (C=O) groups excluding carboxylic acids is 1. The van der Waals surface area contributed by atoms with Crippen molar-refractivity contribution in [1.82, 2.24) is 19.5 Å². The first kappa shape index (κ1) is 22.6. The van der Waals surface area contributed by atoms with E-state index in [1.165, 1.54) is 6.20 Å². The van der Waals surface area contributed by atoms with Gasteiger partial charge in [-0.2, -0.15) is 22.6 Å². The van der Waals surface area contributed by atoms with Gasteiger partial charge in [0.25, 0.3) is 0 Å². The average molecular weight is 498 g/mol. The molecule has 13 heteroatoms. The molecule has 1 aliphatic heterocycles. The predicted molar refractivity (Wildman–Crippen MR) is 106 cm³/mol. The van der Waals surface area contributed by atoms with Gasteiger partial charge < -0.3 is 0 Å². The van der Waals surface area contributed by atoms with Crippen LogP contribution < -0.4 is 0 Å². The Morgan fingerprint density at radius 1 is 1.03 bits per heavy atom. The lowest BCUT2D eigenvalue weighted by atomic mass is 9.88. The van der Waals surface area contributed by atoms with Gasteiger partial charge in [-0.25, -0.2) is 17.2 Å². The van der Waals surface area contributed by atoms with Gasteiger partial charge in [0.2, 0.25) is 15.8 Å². The summed E-state index contributed by atoms with van der Waals surface area (Å²) in [5.74, 6) is -3.05. The van der Waals surface area contributed by atoms with Crippen LogP contribution in [0.1, 0.15) is 52.2 Å². The van der Waals surface area contributed by atoms with Crippen LogP contribution in [-0.4, -0.2) is 33.7 Å². The number of benzene rings is 1. The van der Waals surface area contributed by atoms with Crippen LogP contribution in [0.3, 0.4) is 0 Å². The van der Waals surface area contributed by atoms with Gasteiger partial charge in [0, 0.05) is 17.8 Å². The summed E-state index contributed by atoms with van der Waals surface area (Å²) in [5.41, 5.74) is -1.23. The molecular weight excluding hydrogens is 483 g/mol. The van der Waals surface area contributed by atoms with E-state index in [0.717, 1.165) is 22.5 Å². The molecule has 1 N–H and O–H groups in total. The molecule has 0 spiro atoms. The van der Waals surface area contributed by atoms with E-state index >= 15 is 0 Å². The molecule has 3 aromatic rings. The third kappa shape index (κ3) is 3.68. The van der Waals surface area contributed by atoms with Crippen LogP contribution in [0.15, 0.2) is 47.6 Å². The monoisotopic (exact) mass is 498 g/mol. The molecular formula is C21H15F5N4O3S. The molecule has 0 saturated heterocycles. The number of rotatable bonds is 4. The van der Waals surface area contributed by atoms with E-state index in [9.17, 15) is 35.2 Å². The lowest BCUT2D eigenvalue weighted by Gasteiger charge is -2.40. The largest absolute Gasteiger partial charge is 0.433 e. The Bertz CT molecular complexity index is 1360. The van der Waals surface area contributed by atoms with E-state index in [0.29, 0.717) is 36.7 Å². The van der Waals surface area contributed by atoms with E-state index in [1.807, 2.05) is 0 Å². The fourth-order valence-electron chi connectivity index (χ4n) is 4.28. The van der Waals surface area contributed by atoms with Gasteiger partial charge in [-0.1, -0.05) is 0 Å². The predicted octanol–water partition coefficient (Wildman–Crippen LogP) is 4.18. The number of hydrogen-bond donors (Lipinski definition) is 1. The highest BCUT2D eigenvalue weighted by Crippen LogP contribution is 2.53. The third-order valence-corrected chi connectivity index (χ3v) is 7.71. The molecule has 1 aromatic carbocycles. The van der Waals surface area contributed by atoms with Crippen molar-refractivity contribution in [1.29, 1.82) is 0 Å². The van der Waals surface area contributed by atoms with Crippen molar-refractivity contribution in [2.75, 3.05) is 0 Å². The summed E-state index contributed by atoms with van der Waals surface area (Å²) in [6, 6.07) is 0.953. The molecule has 1 fully saturated rings. The molecule has 3 heterocycles. The van der Waals surface area contributed by atoms with Gasteiger partial charge in [0.05, 0.1) is 12.2 Å². The Kier molecular flexibility index (Phi) is 5.09. The molecule has 1 saturated carbocycles. The standard InChI is InChI=1S/C21H15F5N4O3S/c22-12-5-11(6-13(23)7-12)19-20(31)17-15(9-28-29-17)18(10-1-2-10)30(19)34(32,33)14-3-4-16(27-8-14)21(24,25)26/h3-10,18-19H,1-2H2,(H,28,29).